The first-order valence-corrected chi connectivity index (χ1v) is 9.87. The molecule has 28 heavy (non-hydrogen) atoms. The van der Waals surface area contributed by atoms with E-state index in [4.69, 9.17) is 11.6 Å². The molecule has 2 amide bonds. The van der Waals surface area contributed by atoms with Crippen molar-refractivity contribution >= 4 is 29.1 Å². The van der Waals surface area contributed by atoms with E-state index in [0.717, 1.165) is 16.7 Å². The van der Waals surface area contributed by atoms with E-state index in [1.165, 1.54) is 5.56 Å². The molecule has 1 saturated heterocycles. The van der Waals surface area contributed by atoms with Gasteiger partial charge in [0.15, 0.2) is 0 Å². The molecule has 0 saturated carbocycles. The average Bonchev–Trinajstić information content (AvgIpc) is 2.63. The van der Waals surface area contributed by atoms with Gasteiger partial charge >= 0.3 is 0 Å². The fourth-order valence-electron chi connectivity index (χ4n) is 3.74. The van der Waals surface area contributed by atoms with Crippen LogP contribution in [0.2, 0.25) is 5.02 Å². The Hall–Kier alpha value is -2.37. The number of nitrogens with one attached hydrogen (secondary N) is 1. The third-order valence-corrected chi connectivity index (χ3v) is 5.40. The summed E-state index contributed by atoms with van der Waals surface area (Å²) < 4.78 is 0. The molecule has 6 heteroatoms. The van der Waals surface area contributed by atoms with Crippen molar-refractivity contribution in [1.82, 2.24) is 9.80 Å². The second kappa shape index (κ2) is 8.76. The van der Waals surface area contributed by atoms with Gasteiger partial charge in [-0.05, 0) is 44.0 Å². The van der Waals surface area contributed by atoms with Gasteiger partial charge in [0.25, 0.3) is 5.91 Å². The molecule has 0 unspecified atom stereocenters. The predicted molar refractivity (Wildman–Crippen MR) is 113 cm³/mol. The maximum atomic E-state index is 13.0. The Bertz CT molecular complexity index is 866. The molecule has 1 N–H and O–H groups in total. The van der Waals surface area contributed by atoms with Crippen molar-refractivity contribution in [3.8, 4) is 0 Å². The zero-order valence-corrected chi connectivity index (χ0v) is 17.3. The molecule has 0 aromatic heterocycles. The summed E-state index contributed by atoms with van der Waals surface area (Å²) in [6.45, 7) is 8.88. The Morgan fingerprint density at radius 3 is 2.21 bits per heavy atom. The maximum absolute atomic E-state index is 13.0. The van der Waals surface area contributed by atoms with Gasteiger partial charge in [-0.3, -0.25) is 14.5 Å². The predicted octanol–water partition coefficient (Wildman–Crippen LogP) is 3.66. The molecule has 2 aromatic carbocycles. The Morgan fingerprint density at radius 2 is 1.61 bits per heavy atom. The summed E-state index contributed by atoms with van der Waals surface area (Å²) >= 11 is 6.09. The quantitative estimate of drug-likeness (QED) is 0.853. The lowest BCUT2D eigenvalue weighted by molar-refractivity contribution is -0.117. The molecule has 3 rings (SSSR count). The number of aryl methyl sites for hydroxylation is 3. The number of piperazine rings is 1. The van der Waals surface area contributed by atoms with Gasteiger partial charge in [-0.2, -0.15) is 0 Å². The summed E-state index contributed by atoms with van der Waals surface area (Å²) in [5, 5.41) is 3.37. The molecular weight excluding hydrogens is 374 g/mol. The van der Waals surface area contributed by atoms with Crippen LogP contribution in [0.25, 0.3) is 0 Å². The summed E-state index contributed by atoms with van der Waals surface area (Å²) in [6.07, 6.45) is 0. The number of carbonyl (C=O) groups is 2. The van der Waals surface area contributed by atoms with Crippen molar-refractivity contribution in [2.45, 2.75) is 20.8 Å². The summed E-state index contributed by atoms with van der Waals surface area (Å²) in [7, 11) is 0. The van der Waals surface area contributed by atoms with E-state index in [-0.39, 0.29) is 18.4 Å². The van der Waals surface area contributed by atoms with Crippen LogP contribution >= 0.6 is 11.6 Å². The molecule has 5 nitrogen and oxygen atoms in total. The van der Waals surface area contributed by atoms with Gasteiger partial charge < -0.3 is 10.2 Å². The number of halogens is 1. The number of para-hydroxylation sites is 1. The smallest absolute Gasteiger partial charge is 0.254 e. The molecule has 0 atom stereocenters. The van der Waals surface area contributed by atoms with E-state index in [1.54, 1.807) is 12.1 Å². The van der Waals surface area contributed by atoms with Gasteiger partial charge in [0.1, 0.15) is 0 Å². The number of carbonyl (C=O) groups excluding carboxylic acids is 2. The van der Waals surface area contributed by atoms with Crippen LogP contribution in [0.1, 0.15) is 27.0 Å². The third-order valence-electron chi connectivity index (χ3n) is 5.07. The van der Waals surface area contributed by atoms with Crippen LogP contribution in [0.3, 0.4) is 0 Å². The lowest BCUT2D eigenvalue weighted by atomic mass is 9.98. The number of anilines is 1. The van der Waals surface area contributed by atoms with Crippen molar-refractivity contribution in [2.24, 2.45) is 0 Å². The number of hydrogen-bond donors (Lipinski definition) is 1. The van der Waals surface area contributed by atoms with Crippen LogP contribution < -0.4 is 5.32 Å². The first kappa shape index (κ1) is 20.4. The second-order valence-corrected chi connectivity index (χ2v) is 7.78. The Kier molecular flexibility index (Phi) is 6.37. The van der Waals surface area contributed by atoms with E-state index in [0.29, 0.717) is 36.9 Å². The van der Waals surface area contributed by atoms with Gasteiger partial charge in [0.05, 0.1) is 17.3 Å². The summed E-state index contributed by atoms with van der Waals surface area (Å²) in [4.78, 5) is 29.2. The van der Waals surface area contributed by atoms with Crippen LogP contribution in [0, 0.1) is 20.8 Å². The summed E-state index contributed by atoms with van der Waals surface area (Å²) in [5.74, 6) is -0.0201. The minimum absolute atomic E-state index is 0.0789. The molecule has 0 spiro atoms. The van der Waals surface area contributed by atoms with Crippen molar-refractivity contribution in [1.29, 1.82) is 0 Å². The van der Waals surface area contributed by atoms with Crippen molar-refractivity contribution in [3.05, 3.63) is 63.7 Å². The highest BCUT2D eigenvalue weighted by Crippen LogP contribution is 2.21. The van der Waals surface area contributed by atoms with Crippen LogP contribution in [-0.4, -0.2) is 54.3 Å². The number of hydrogen-bond acceptors (Lipinski definition) is 3. The van der Waals surface area contributed by atoms with Gasteiger partial charge in [-0.15, -0.1) is 0 Å². The topological polar surface area (TPSA) is 52.7 Å². The van der Waals surface area contributed by atoms with Gasteiger partial charge in [0.2, 0.25) is 5.91 Å². The van der Waals surface area contributed by atoms with Gasteiger partial charge in [0, 0.05) is 31.7 Å². The highest BCUT2D eigenvalue weighted by atomic mass is 35.5. The number of amides is 2. The van der Waals surface area contributed by atoms with Gasteiger partial charge in [-0.25, -0.2) is 0 Å². The van der Waals surface area contributed by atoms with Crippen LogP contribution in [0.5, 0.6) is 0 Å². The van der Waals surface area contributed by atoms with Gasteiger partial charge in [-0.1, -0.05) is 41.4 Å². The zero-order valence-electron chi connectivity index (χ0n) is 16.6. The van der Waals surface area contributed by atoms with E-state index >= 15 is 0 Å². The molecule has 0 aliphatic carbocycles. The molecule has 2 aromatic rings. The molecule has 0 bridgehead atoms. The molecule has 1 aliphatic rings. The van der Waals surface area contributed by atoms with Crippen molar-refractivity contribution in [3.63, 3.8) is 0 Å². The highest BCUT2D eigenvalue weighted by molar-refractivity contribution is 6.33. The van der Waals surface area contributed by atoms with E-state index in [1.807, 2.05) is 37.8 Å². The first-order chi connectivity index (χ1) is 13.3. The Labute approximate surface area is 171 Å². The molecule has 1 heterocycles. The zero-order chi connectivity index (χ0) is 20.3. The second-order valence-electron chi connectivity index (χ2n) is 7.37. The third kappa shape index (κ3) is 4.72. The minimum atomic E-state index is -0.0990. The summed E-state index contributed by atoms with van der Waals surface area (Å²) in [6, 6.07) is 11.3. The lowest BCUT2D eigenvalue weighted by Crippen LogP contribution is -2.50. The van der Waals surface area contributed by atoms with E-state index in [2.05, 4.69) is 22.3 Å². The Morgan fingerprint density at radius 1 is 1.00 bits per heavy atom. The largest absolute Gasteiger partial charge is 0.336 e. The van der Waals surface area contributed by atoms with Crippen LogP contribution in [0.4, 0.5) is 5.69 Å². The fraction of sp³-hybridized carbons (Fsp3) is 0.364. The van der Waals surface area contributed by atoms with E-state index in [9.17, 15) is 9.59 Å². The average molecular weight is 400 g/mol. The SMILES string of the molecule is Cc1cc(C)c(C(=O)N2CCN(CC(=O)Nc3ccccc3Cl)CC2)c(C)c1. The molecule has 0 radical (unpaired) electrons. The molecule has 1 fully saturated rings. The van der Waals surface area contributed by atoms with Crippen molar-refractivity contribution < 1.29 is 9.59 Å². The van der Waals surface area contributed by atoms with Crippen LogP contribution in [0.15, 0.2) is 36.4 Å². The first-order valence-electron chi connectivity index (χ1n) is 9.49. The normalized spacial score (nSPS) is 14.8. The lowest BCUT2D eigenvalue weighted by Gasteiger charge is -2.35. The van der Waals surface area contributed by atoms with Crippen molar-refractivity contribution in [2.75, 3.05) is 38.0 Å². The fourth-order valence-corrected chi connectivity index (χ4v) is 3.92. The number of benzene rings is 2. The van der Waals surface area contributed by atoms with Crippen LogP contribution in [-0.2, 0) is 4.79 Å². The Balaban J connectivity index is 1.55. The molecule has 1 aliphatic heterocycles. The number of rotatable bonds is 4. The molecular formula is C22H26ClN3O2. The standard InChI is InChI=1S/C22H26ClN3O2/c1-15-12-16(2)21(17(3)13-15)22(28)26-10-8-25(9-11-26)14-20(27)24-19-7-5-4-6-18(19)23/h4-7,12-13H,8-11,14H2,1-3H3,(H,24,27). The molecule has 148 valence electrons. The highest BCUT2D eigenvalue weighted by Gasteiger charge is 2.25. The summed E-state index contributed by atoms with van der Waals surface area (Å²) in [5.41, 5.74) is 4.62. The number of nitrogens with zero attached hydrogens (tertiary/aromatic N) is 2. The monoisotopic (exact) mass is 399 g/mol. The maximum Gasteiger partial charge on any atom is 0.254 e. The minimum Gasteiger partial charge on any atom is -0.336 e. The van der Waals surface area contributed by atoms with E-state index < -0.39 is 0 Å².